The fourth-order valence-electron chi connectivity index (χ4n) is 2.94. The van der Waals surface area contributed by atoms with Crippen molar-refractivity contribution in [2.24, 2.45) is 5.10 Å². The van der Waals surface area contributed by atoms with Crippen LogP contribution in [-0.4, -0.2) is 31.9 Å². The maximum absolute atomic E-state index is 12.2. The number of ether oxygens (including phenoxy) is 3. The van der Waals surface area contributed by atoms with Gasteiger partial charge in [0.25, 0.3) is 5.91 Å². The van der Waals surface area contributed by atoms with Gasteiger partial charge in [-0.2, -0.15) is 5.10 Å². The summed E-state index contributed by atoms with van der Waals surface area (Å²) in [6, 6.07) is 17.3. The van der Waals surface area contributed by atoms with Gasteiger partial charge in [-0.3, -0.25) is 4.79 Å². The Morgan fingerprint density at radius 1 is 0.969 bits per heavy atom. The highest BCUT2D eigenvalue weighted by Gasteiger charge is 2.09. The highest BCUT2D eigenvalue weighted by atomic mass is 79.9. The zero-order valence-corrected chi connectivity index (χ0v) is 19.9. The Morgan fingerprint density at radius 3 is 2.56 bits per heavy atom. The van der Waals surface area contributed by atoms with Crippen molar-refractivity contribution in [3.05, 3.63) is 64.6 Å². The number of carbonyl (C=O) groups excluding carboxylic acids is 1. The molecule has 0 bridgehead atoms. The van der Waals surface area contributed by atoms with Crippen LogP contribution in [0.1, 0.15) is 32.3 Å². The molecule has 1 N–H and O–H groups in total. The molecule has 0 spiro atoms. The zero-order chi connectivity index (χ0) is 22.8. The molecule has 0 atom stereocenters. The largest absolute Gasteiger partial charge is 0.493 e. The molecule has 3 aromatic carbocycles. The van der Waals surface area contributed by atoms with E-state index in [0.29, 0.717) is 24.7 Å². The molecule has 7 heteroatoms. The number of benzene rings is 3. The van der Waals surface area contributed by atoms with Crippen LogP contribution in [0, 0.1) is 0 Å². The fraction of sp³-hybridized carbons (Fsp3) is 0.280. The van der Waals surface area contributed by atoms with Crippen molar-refractivity contribution < 1.29 is 19.0 Å². The molecule has 32 heavy (non-hydrogen) atoms. The molecule has 3 aromatic rings. The van der Waals surface area contributed by atoms with Crippen LogP contribution in [-0.2, 0) is 4.79 Å². The first-order chi connectivity index (χ1) is 15.6. The van der Waals surface area contributed by atoms with E-state index >= 15 is 0 Å². The first kappa shape index (κ1) is 23.6. The predicted octanol–water partition coefficient (Wildman–Crippen LogP) is 5.71. The minimum atomic E-state index is -0.361. The first-order valence-electron chi connectivity index (χ1n) is 10.6. The molecule has 0 saturated carbocycles. The van der Waals surface area contributed by atoms with Gasteiger partial charge in [-0.05, 0) is 57.7 Å². The summed E-state index contributed by atoms with van der Waals surface area (Å²) in [6.07, 6.45) is 3.37. The highest BCUT2D eigenvalue weighted by Crippen LogP contribution is 2.33. The summed E-state index contributed by atoms with van der Waals surface area (Å²) in [5.74, 6) is 1.64. The third-order valence-electron chi connectivity index (χ3n) is 4.50. The van der Waals surface area contributed by atoms with Crippen molar-refractivity contribution in [2.75, 3.05) is 19.8 Å². The molecule has 0 aliphatic carbocycles. The van der Waals surface area contributed by atoms with E-state index < -0.39 is 0 Å². The van der Waals surface area contributed by atoms with Gasteiger partial charge in [-0.1, -0.05) is 44.2 Å². The molecule has 1 amide bonds. The Morgan fingerprint density at radius 2 is 1.75 bits per heavy atom. The monoisotopic (exact) mass is 498 g/mol. The molecule has 0 aromatic heterocycles. The molecule has 0 fully saturated rings. The SMILES string of the molecule is CCCOc1ccc(/C=N\NC(=O)COc2ccc3ccccc3c2Br)c(OCCC)c1. The maximum Gasteiger partial charge on any atom is 0.277 e. The number of nitrogens with zero attached hydrogens (tertiary/aromatic N) is 1. The second-order valence-electron chi connectivity index (χ2n) is 7.08. The van der Waals surface area contributed by atoms with E-state index in [1.165, 1.54) is 0 Å². The van der Waals surface area contributed by atoms with Gasteiger partial charge in [0.1, 0.15) is 17.2 Å². The summed E-state index contributed by atoms with van der Waals surface area (Å²) in [4.78, 5) is 12.2. The van der Waals surface area contributed by atoms with Crippen LogP contribution in [0.5, 0.6) is 17.2 Å². The highest BCUT2D eigenvalue weighted by molar-refractivity contribution is 9.10. The molecule has 0 radical (unpaired) electrons. The minimum absolute atomic E-state index is 0.155. The van der Waals surface area contributed by atoms with Crippen LogP contribution < -0.4 is 19.6 Å². The van der Waals surface area contributed by atoms with E-state index in [4.69, 9.17) is 14.2 Å². The molecule has 3 rings (SSSR count). The number of fused-ring (bicyclic) bond motifs is 1. The van der Waals surface area contributed by atoms with Crippen LogP contribution in [0.2, 0.25) is 0 Å². The Kier molecular flexibility index (Phi) is 8.92. The summed E-state index contributed by atoms with van der Waals surface area (Å²) in [5.41, 5.74) is 3.24. The molecule has 168 valence electrons. The van der Waals surface area contributed by atoms with Crippen LogP contribution in [0.3, 0.4) is 0 Å². The third-order valence-corrected chi connectivity index (χ3v) is 5.32. The number of halogens is 1. The molecule has 0 heterocycles. The number of hydrogen-bond acceptors (Lipinski definition) is 5. The van der Waals surface area contributed by atoms with Crippen molar-refractivity contribution in [1.29, 1.82) is 0 Å². The van der Waals surface area contributed by atoms with Gasteiger partial charge in [0.15, 0.2) is 6.61 Å². The number of hydrogen-bond donors (Lipinski definition) is 1. The number of carbonyl (C=O) groups is 1. The van der Waals surface area contributed by atoms with E-state index in [1.54, 1.807) is 6.21 Å². The quantitative estimate of drug-likeness (QED) is 0.271. The van der Waals surface area contributed by atoms with Crippen LogP contribution >= 0.6 is 15.9 Å². The van der Waals surface area contributed by atoms with E-state index in [-0.39, 0.29) is 12.5 Å². The third kappa shape index (κ3) is 6.47. The Bertz CT molecular complexity index is 1080. The van der Waals surface area contributed by atoms with Gasteiger partial charge in [-0.25, -0.2) is 5.43 Å². The van der Waals surface area contributed by atoms with Gasteiger partial charge >= 0.3 is 0 Å². The van der Waals surface area contributed by atoms with Crippen LogP contribution in [0.15, 0.2) is 64.2 Å². The normalized spacial score (nSPS) is 11.0. The van der Waals surface area contributed by atoms with E-state index in [1.807, 2.05) is 61.5 Å². The van der Waals surface area contributed by atoms with Gasteiger partial charge in [0, 0.05) is 11.6 Å². The van der Waals surface area contributed by atoms with Gasteiger partial charge in [0.05, 0.1) is 23.9 Å². The average molecular weight is 499 g/mol. The fourth-order valence-corrected chi connectivity index (χ4v) is 3.55. The van der Waals surface area contributed by atoms with E-state index in [2.05, 4.69) is 33.4 Å². The topological polar surface area (TPSA) is 69.2 Å². The lowest BCUT2D eigenvalue weighted by Gasteiger charge is -2.11. The second kappa shape index (κ2) is 12.1. The van der Waals surface area contributed by atoms with Crippen molar-refractivity contribution >= 4 is 38.8 Å². The van der Waals surface area contributed by atoms with Gasteiger partial charge in [0.2, 0.25) is 0 Å². The molecule has 0 saturated heterocycles. The number of rotatable bonds is 11. The number of nitrogens with one attached hydrogen (secondary N) is 1. The summed E-state index contributed by atoms with van der Waals surface area (Å²) in [6.45, 7) is 5.17. The average Bonchev–Trinajstić information content (AvgIpc) is 2.82. The maximum atomic E-state index is 12.2. The van der Waals surface area contributed by atoms with E-state index in [0.717, 1.165) is 39.4 Å². The summed E-state index contributed by atoms with van der Waals surface area (Å²) < 4.78 is 18.0. The van der Waals surface area contributed by atoms with Crippen molar-refractivity contribution in [3.63, 3.8) is 0 Å². The Hall–Kier alpha value is -3.06. The van der Waals surface area contributed by atoms with Gasteiger partial charge < -0.3 is 14.2 Å². The van der Waals surface area contributed by atoms with Crippen molar-refractivity contribution in [3.8, 4) is 17.2 Å². The Labute approximate surface area is 196 Å². The lowest BCUT2D eigenvalue weighted by Crippen LogP contribution is -2.24. The van der Waals surface area contributed by atoms with Crippen LogP contribution in [0.4, 0.5) is 0 Å². The standard InChI is InChI=1S/C25H27BrN2O4/c1-3-13-30-20-11-9-19(23(15-20)31-14-4-2)16-27-28-24(29)17-32-22-12-10-18-7-5-6-8-21(18)25(22)26/h5-12,15-16H,3-4,13-14,17H2,1-2H3,(H,28,29)/b27-16-. The van der Waals surface area contributed by atoms with Crippen molar-refractivity contribution in [1.82, 2.24) is 5.43 Å². The number of hydrazone groups is 1. The lowest BCUT2D eigenvalue weighted by atomic mass is 10.1. The Balaban J connectivity index is 1.59. The number of amides is 1. The first-order valence-corrected chi connectivity index (χ1v) is 11.4. The smallest absolute Gasteiger partial charge is 0.277 e. The van der Waals surface area contributed by atoms with Gasteiger partial charge in [-0.15, -0.1) is 0 Å². The molecule has 0 unspecified atom stereocenters. The molecule has 0 aliphatic rings. The van der Waals surface area contributed by atoms with Crippen LogP contribution in [0.25, 0.3) is 10.8 Å². The molecule has 6 nitrogen and oxygen atoms in total. The predicted molar refractivity (Wildman–Crippen MR) is 131 cm³/mol. The van der Waals surface area contributed by atoms with Crippen molar-refractivity contribution in [2.45, 2.75) is 26.7 Å². The van der Waals surface area contributed by atoms with E-state index in [9.17, 15) is 4.79 Å². The molecular weight excluding hydrogens is 472 g/mol. The molecular formula is C25H27BrN2O4. The zero-order valence-electron chi connectivity index (χ0n) is 18.3. The lowest BCUT2D eigenvalue weighted by molar-refractivity contribution is -0.123. The summed E-state index contributed by atoms with van der Waals surface area (Å²) in [7, 11) is 0. The minimum Gasteiger partial charge on any atom is -0.493 e. The second-order valence-corrected chi connectivity index (χ2v) is 7.87. The summed E-state index contributed by atoms with van der Waals surface area (Å²) >= 11 is 3.55. The summed E-state index contributed by atoms with van der Waals surface area (Å²) in [5, 5.41) is 6.16. The molecule has 0 aliphatic heterocycles.